The van der Waals surface area contributed by atoms with Crippen molar-refractivity contribution in [2.75, 3.05) is 23.7 Å². The van der Waals surface area contributed by atoms with Gasteiger partial charge in [0.15, 0.2) is 0 Å². The Bertz CT molecular complexity index is 1340. The highest BCUT2D eigenvalue weighted by molar-refractivity contribution is 7.92. The van der Waals surface area contributed by atoms with Crippen LogP contribution in [0.1, 0.15) is 75.5 Å². The predicted octanol–water partition coefficient (Wildman–Crippen LogP) is 5.17. The number of anilines is 1. The second-order valence-corrected chi connectivity index (χ2v) is 14.7. The maximum Gasteiger partial charge on any atom is 0.244 e. The summed E-state index contributed by atoms with van der Waals surface area (Å²) in [7, 11) is -3.76. The molecule has 0 aromatic heterocycles. The van der Waals surface area contributed by atoms with E-state index in [1.54, 1.807) is 0 Å². The van der Waals surface area contributed by atoms with Crippen molar-refractivity contribution < 1.29 is 18.0 Å². The molecule has 222 valence electrons. The molecule has 1 N–H and O–H groups in total. The van der Waals surface area contributed by atoms with Crippen LogP contribution in [0.5, 0.6) is 0 Å². The summed E-state index contributed by atoms with van der Waals surface area (Å²) in [5.41, 5.74) is 3.94. The SMILES string of the molecule is CCNC(=O)[C@@H](CC)N(Cc1ccccc1C)C(=O)CN(c1ccc(C23CC4CC(CC(C4)C2)C3)cc1)S(C)(=O)=O. The lowest BCUT2D eigenvalue weighted by Crippen LogP contribution is -2.52. The number of sulfonamides is 1. The van der Waals surface area contributed by atoms with E-state index in [-0.39, 0.29) is 24.4 Å². The molecule has 8 heteroatoms. The standard InChI is InChI=1S/C33H45N3O4S/c1-5-30(32(38)34-6-2)35(21-27-10-8-7-9-23(27)3)31(37)22-36(41(4,39)40)29-13-11-28(12-14-29)33-18-24-15-25(19-33)17-26(16-24)20-33/h7-14,24-26,30H,5-6,15-22H2,1-4H3,(H,34,38)/t24?,25?,26?,30-,33?/m1/s1. The molecule has 0 radical (unpaired) electrons. The van der Waals surface area contributed by atoms with Gasteiger partial charge in [-0.1, -0.05) is 43.3 Å². The second kappa shape index (κ2) is 11.8. The van der Waals surface area contributed by atoms with Crippen molar-refractivity contribution in [2.45, 2.75) is 83.7 Å². The summed E-state index contributed by atoms with van der Waals surface area (Å²) in [6.07, 6.45) is 9.37. The molecule has 41 heavy (non-hydrogen) atoms. The van der Waals surface area contributed by atoms with Gasteiger partial charge in [0.2, 0.25) is 21.8 Å². The molecule has 0 unspecified atom stereocenters. The van der Waals surface area contributed by atoms with Gasteiger partial charge in [-0.15, -0.1) is 0 Å². The van der Waals surface area contributed by atoms with Crippen LogP contribution in [0.25, 0.3) is 0 Å². The monoisotopic (exact) mass is 579 g/mol. The van der Waals surface area contributed by atoms with Crippen LogP contribution in [0.15, 0.2) is 48.5 Å². The minimum atomic E-state index is -3.76. The summed E-state index contributed by atoms with van der Waals surface area (Å²) in [6, 6.07) is 15.0. The van der Waals surface area contributed by atoms with Gasteiger partial charge in [-0.25, -0.2) is 8.42 Å². The van der Waals surface area contributed by atoms with Crippen LogP contribution in [0.4, 0.5) is 5.69 Å². The van der Waals surface area contributed by atoms with Crippen LogP contribution in [-0.4, -0.2) is 50.5 Å². The van der Waals surface area contributed by atoms with Crippen molar-refractivity contribution in [3.63, 3.8) is 0 Å². The zero-order chi connectivity index (χ0) is 29.4. The number of nitrogens with zero attached hydrogens (tertiary/aromatic N) is 2. The van der Waals surface area contributed by atoms with Gasteiger partial charge in [-0.3, -0.25) is 13.9 Å². The van der Waals surface area contributed by atoms with E-state index in [0.717, 1.165) is 35.1 Å². The maximum absolute atomic E-state index is 13.9. The van der Waals surface area contributed by atoms with Gasteiger partial charge in [0.25, 0.3) is 0 Å². The summed E-state index contributed by atoms with van der Waals surface area (Å²) < 4.78 is 27.3. The van der Waals surface area contributed by atoms with Crippen molar-refractivity contribution in [3.05, 3.63) is 65.2 Å². The van der Waals surface area contributed by atoms with E-state index in [0.29, 0.717) is 18.7 Å². The zero-order valence-electron chi connectivity index (χ0n) is 24.9. The highest BCUT2D eigenvalue weighted by atomic mass is 32.2. The van der Waals surface area contributed by atoms with Gasteiger partial charge in [-0.2, -0.15) is 0 Å². The van der Waals surface area contributed by atoms with Gasteiger partial charge >= 0.3 is 0 Å². The fourth-order valence-corrected chi connectivity index (χ4v) is 9.09. The Kier molecular flexibility index (Phi) is 8.51. The summed E-state index contributed by atoms with van der Waals surface area (Å²) in [4.78, 5) is 28.5. The maximum atomic E-state index is 13.9. The van der Waals surface area contributed by atoms with E-state index in [2.05, 4.69) is 17.4 Å². The van der Waals surface area contributed by atoms with Gasteiger partial charge in [0, 0.05) is 13.1 Å². The third kappa shape index (κ3) is 6.18. The molecule has 0 spiro atoms. The van der Waals surface area contributed by atoms with Gasteiger partial charge in [0.1, 0.15) is 12.6 Å². The van der Waals surface area contributed by atoms with E-state index < -0.39 is 22.0 Å². The van der Waals surface area contributed by atoms with Gasteiger partial charge < -0.3 is 10.2 Å². The molecule has 4 saturated carbocycles. The number of carbonyl (C=O) groups is 2. The van der Waals surface area contributed by atoms with Crippen LogP contribution in [0, 0.1) is 24.7 Å². The lowest BCUT2D eigenvalue weighted by atomic mass is 9.48. The Morgan fingerprint density at radius 3 is 2.05 bits per heavy atom. The van der Waals surface area contributed by atoms with E-state index in [1.807, 2.05) is 57.2 Å². The fraction of sp³-hybridized carbons (Fsp3) is 0.576. The first kappa shape index (κ1) is 29.6. The zero-order valence-corrected chi connectivity index (χ0v) is 25.8. The first-order valence-corrected chi connectivity index (χ1v) is 17.1. The second-order valence-electron chi connectivity index (χ2n) is 12.8. The van der Waals surface area contributed by atoms with Crippen LogP contribution >= 0.6 is 0 Å². The van der Waals surface area contributed by atoms with Crippen molar-refractivity contribution in [2.24, 2.45) is 17.8 Å². The highest BCUT2D eigenvalue weighted by Crippen LogP contribution is 2.60. The Labute approximate surface area is 245 Å². The van der Waals surface area contributed by atoms with E-state index in [9.17, 15) is 18.0 Å². The minimum absolute atomic E-state index is 0.213. The Balaban J connectivity index is 1.41. The quantitative estimate of drug-likeness (QED) is 0.398. The van der Waals surface area contributed by atoms with Crippen LogP contribution < -0.4 is 9.62 Å². The highest BCUT2D eigenvalue weighted by Gasteiger charge is 2.51. The van der Waals surface area contributed by atoms with Crippen LogP contribution in [-0.2, 0) is 31.6 Å². The molecule has 0 heterocycles. The molecule has 0 saturated heterocycles. The first-order valence-electron chi connectivity index (χ1n) is 15.2. The Morgan fingerprint density at radius 2 is 1.54 bits per heavy atom. The van der Waals surface area contributed by atoms with Crippen LogP contribution in [0.2, 0.25) is 0 Å². The number of amides is 2. The molecule has 4 aliphatic carbocycles. The molecule has 1 atom stereocenters. The molecule has 2 aromatic carbocycles. The lowest BCUT2D eigenvalue weighted by Gasteiger charge is -2.57. The summed E-state index contributed by atoms with van der Waals surface area (Å²) in [6.45, 7) is 6.00. The molecule has 2 aromatic rings. The summed E-state index contributed by atoms with van der Waals surface area (Å²) in [5.74, 6) is 1.83. The van der Waals surface area contributed by atoms with Crippen molar-refractivity contribution in [3.8, 4) is 0 Å². The van der Waals surface area contributed by atoms with Gasteiger partial charge in [0.05, 0.1) is 11.9 Å². The molecular formula is C33H45N3O4S. The number of rotatable bonds is 11. The van der Waals surface area contributed by atoms with Crippen molar-refractivity contribution >= 4 is 27.5 Å². The number of nitrogens with one attached hydrogen (secondary N) is 1. The largest absolute Gasteiger partial charge is 0.355 e. The van der Waals surface area contributed by atoms with Crippen LogP contribution in [0.3, 0.4) is 0 Å². The van der Waals surface area contributed by atoms with E-state index in [1.165, 1.54) is 53.3 Å². The number of carbonyl (C=O) groups excluding carboxylic acids is 2. The minimum Gasteiger partial charge on any atom is -0.355 e. The normalized spacial score (nSPS) is 25.5. The number of benzene rings is 2. The molecule has 4 aliphatic rings. The molecule has 4 bridgehead atoms. The average molecular weight is 580 g/mol. The topological polar surface area (TPSA) is 86.8 Å². The fourth-order valence-electron chi connectivity index (χ4n) is 8.24. The molecular weight excluding hydrogens is 534 g/mol. The first-order chi connectivity index (χ1) is 19.5. The number of hydrogen-bond acceptors (Lipinski definition) is 4. The molecule has 6 rings (SSSR count). The number of aryl methyl sites for hydroxylation is 1. The molecule has 2 amide bonds. The number of hydrogen-bond donors (Lipinski definition) is 1. The summed E-state index contributed by atoms with van der Waals surface area (Å²) in [5, 5.41) is 2.84. The summed E-state index contributed by atoms with van der Waals surface area (Å²) >= 11 is 0. The van der Waals surface area contributed by atoms with Crippen molar-refractivity contribution in [1.82, 2.24) is 10.2 Å². The van der Waals surface area contributed by atoms with E-state index >= 15 is 0 Å². The Hall–Kier alpha value is -2.87. The smallest absolute Gasteiger partial charge is 0.244 e. The third-order valence-electron chi connectivity index (χ3n) is 9.82. The van der Waals surface area contributed by atoms with Crippen molar-refractivity contribution in [1.29, 1.82) is 0 Å². The Morgan fingerprint density at radius 1 is 0.951 bits per heavy atom. The molecule has 4 fully saturated rings. The molecule has 0 aliphatic heterocycles. The third-order valence-corrected chi connectivity index (χ3v) is 11.0. The predicted molar refractivity (Wildman–Crippen MR) is 163 cm³/mol. The average Bonchev–Trinajstić information content (AvgIpc) is 2.91. The van der Waals surface area contributed by atoms with Gasteiger partial charge in [-0.05, 0) is 111 Å². The molecule has 7 nitrogen and oxygen atoms in total. The van der Waals surface area contributed by atoms with E-state index in [4.69, 9.17) is 0 Å². The lowest BCUT2D eigenvalue weighted by molar-refractivity contribution is -0.140. The number of likely N-dealkylation sites (N-methyl/N-ethyl adjacent to an activating group) is 1.